The molecule has 0 aliphatic rings. The van der Waals surface area contributed by atoms with Gasteiger partial charge in [0.25, 0.3) is 5.69 Å². The van der Waals surface area contributed by atoms with Crippen LogP contribution in [0.3, 0.4) is 0 Å². The lowest BCUT2D eigenvalue weighted by Gasteiger charge is -1.94. The van der Waals surface area contributed by atoms with Gasteiger partial charge in [0.2, 0.25) is 0 Å². The molecule has 1 aromatic carbocycles. The number of rotatable bonds is 2. The van der Waals surface area contributed by atoms with E-state index in [1.54, 1.807) is 18.2 Å². The van der Waals surface area contributed by atoms with Crippen LogP contribution in [0, 0.1) is 10.1 Å². The van der Waals surface area contributed by atoms with E-state index in [1.807, 2.05) is 0 Å². The van der Waals surface area contributed by atoms with E-state index in [2.05, 4.69) is 0 Å². The van der Waals surface area contributed by atoms with Gasteiger partial charge >= 0.3 is 0 Å². The zero-order valence-corrected chi connectivity index (χ0v) is 6.31. The fraction of sp³-hybridized carbons (Fsp3) is 0. The second-order valence-corrected chi connectivity index (χ2v) is 2.18. The Morgan fingerprint density at radius 2 is 2.08 bits per heavy atom. The normalized spacial score (nSPS) is 10.3. The van der Waals surface area contributed by atoms with Crippen molar-refractivity contribution in [2.75, 3.05) is 0 Å². The molecule has 0 aromatic heterocycles. The van der Waals surface area contributed by atoms with Crippen LogP contribution in [-0.2, 0) is 0 Å². The van der Waals surface area contributed by atoms with Gasteiger partial charge in [-0.05, 0) is 18.3 Å². The topological polar surface area (TPSA) is 69.2 Å². The van der Waals surface area contributed by atoms with Crippen molar-refractivity contribution in [3.63, 3.8) is 0 Å². The maximum Gasteiger partial charge on any atom is 0.276 e. The van der Waals surface area contributed by atoms with Crippen LogP contribution in [0.2, 0.25) is 0 Å². The highest BCUT2D eigenvalue weighted by molar-refractivity contribution is 5.60. The first-order chi connectivity index (χ1) is 5.75. The smallest absolute Gasteiger partial charge is 0.276 e. The molecule has 0 spiro atoms. The third-order valence-electron chi connectivity index (χ3n) is 1.41. The molecule has 0 aliphatic carbocycles. The van der Waals surface area contributed by atoms with E-state index in [0.717, 1.165) is 0 Å². The average Bonchev–Trinajstić information content (AvgIpc) is 2.05. The molecule has 0 amide bonds. The molecule has 1 rings (SSSR count). The standard InChI is InChI=1S/C8H8N2O2/c9-6-5-7-3-1-2-4-8(7)10(11)12/h1-6H,9H2. The fourth-order valence-electron chi connectivity index (χ4n) is 0.898. The number of nitro benzene ring substituents is 1. The van der Waals surface area contributed by atoms with Crippen molar-refractivity contribution in [2.24, 2.45) is 5.73 Å². The second kappa shape index (κ2) is 3.52. The lowest BCUT2D eigenvalue weighted by molar-refractivity contribution is -0.385. The number of nitro groups is 1. The Morgan fingerprint density at radius 1 is 1.42 bits per heavy atom. The predicted molar refractivity (Wildman–Crippen MR) is 46.3 cm³/mol. The second-order valence-electron chi connectivity index (χ2n) is 2.18. The van der Waals surface area contributed by atoms with Crippen LogP contribution in [0.4, 0.5) is 5.69 Å². The van der Waals surface area contributed by atoms with Crippen molar-refractivity contribution in [2.45, 2.75) is 0 Å². The molecule has 4 heteroatoms. The molecule has 62 valence electrons. The minimum atomic E-state index is -0.435. The molecule has 0 unspecified atom stereocenters. The van der Waals surface area contributed by atoms with Gasteiger partial charge in [0.05, 0.1) is 10.5 Å². The number of nitrogens with two attached hydrogens (primary N) is 1. The van der Waals surface area contributed by atoms with Crippen molar-refractivity contribution in [3.8, 4) is 0 Å². The number of para-hydroxylation sites is 1. The molecule has 1 aromatic rings. The quantitative estimate of drug-likeness (QED) is 0.532. The molecule has 0 saturated heterocycles. The molecule has 4 nitrogen and oxygen atoms in total. The monoisotopic (exact) mass is 164 g/mol. The summed E-state index contributed by atoms with van der Waals surface area (Å²) in [5, 5.41) is 10.4. The van der Waals surface area contributed by atoms with Crippen molar-refractivity contribution in [3.05, 3.63) is 46.1 Å². The summed E-state index contributed by atoms with van der Waals surface area (Å²) >= 11 is 0. The van der Waals surface area contributed by atoms with E-state index < -0.39 is 4.92 Å². The highest BCUT2D eigenvalue weighted by Crippen LogP contribution is 2.18. The fourth-order valence-corrected chi connectivity index (χ4v) is 0.898. The van der Waals surface area contributed by atoms with Gasteiger partial charge in [0, 0.05) is 6.07 Å². The first-order valence-electron chi connectivity index (χ1n) is 3.37. The summed E-state index contributed by atoms with van der Waals surface area (Å²) in [5.74, 6) is 0. The minimum absolute atomic E-state index is 0.0687. The zero-order valence-electron chi connectivity index (χ0n) is 6.31. The van der Waals surface area contributed by atoms with Gasteiger partial charge in [-0.15, -0.1) is 0 Å². The maximum atomic E-state index is 10.4. The summed E-state index contributed by atoms with van der Waals surface area (Å²) in [6, 6.07) is 6.42. The van der Waals surface area contributed by atoms with Gasteiger partial charge < -0.3 is 5.73 Å². The maximum absolute atomic E-state index is 10.4. The van der Waals surface area contributed by atoms with E-state index in [0.29, 0.717) is 5.56 Å². The van der Waals surface area contributed by atoms with Gasteiger partial charge in [-0.1, -0.05) is 12.1 Å². The molecule has 0 fully saturated rings. The molecule has 0 bridgehead atoms. The summed E-state index contributed by atoms with van der Waals surface area (Å²) in [7, 11) is 0. The van der Waals surface area contributed by atoms with E-state index in [9.17, 15) is 10.1 Å². The zero-order chi connectivity index (χ0) is 8.97. The van der Waals surface area contributed by atoms with Gasteiger partial charge in [-0.2, -0.15) is 0 Å². The van der Waals surface area contributed by atoms with Crippen molar-refractivity contribution >= 4 is 11.8 Å². The molecular formula is C8H8N2O2. The Kier molecular flexibility index (Phi) is 2.42. The van der Waals surface area contributed by atoms with Crippen molar-refractivity contribution < 1.29 is 4.92 Å². The summed E-state index contributed by atoms with van der Waals surface area (Å²) in [4.78, 5) is 9.99. The Labute approximate surface area is 69.5 Å². The SMILES string of the molecule is NC=Cc1ccccc1[N+](=O)[O-]. The highest BCUT2D eigenvalue weighted by atomic mass is 16.6. The third kappa shape index (κ3) is 1.60. The third-order valence-corrected chi connectivity index (χ3v) is 1.41. The molecule has 0 heterocycles. The first kappa shape index (κ1) is 8.26. The molecule has 2 N–H and O–H groups in total. The average molecular weight is 164 g/mol. The number of hydrogen-bond donors (Lipinski definition) is 1. The van der Waals surface area contributed by atoms with Crippen LogP contribution in [0.1, 0.15) is 5.56 Å². The summed E-state index contributed by atoms with van der Waals surface area (Å²) in [6.07, 6.45) is 2.78. The largest absolute Gasteiger partial charge is 0.405 e. The van der Waals surface area contributed by atoms with Gasteiger partial charge in [0.15, 0.2) is 0 Å². The molecule has 0 radical (unpaired) electrons. The van der Waals surface area contributed by atoms with Crippen LogP contribution < -0.4 is 5.73 Å². The minimum Gasteiger partial charge on any atom is -0.405 e. The van der Waals surface area contributed by atoms with E-state index >= 15 is 0 Å². The Bertz CT molecular complexity index is 321. The van der Waals surface area contributed by atoms with Gasteiger partial charge in [-0.25, -0.2) is 0 Å². The number of benzene rings is 1. The Hall–Kier alpha value is -1.84. The van der Waals surface area contributed by atoms with Crippen LogP contribution in [0.5, 0.6) is 0 Å². The summed E-state index contributed by atoms with van der Waals surface area (Å²) in [6.45, 7) is 0. The van der Waals surface area contributed by atoms with Crippen LogP contribution in [-0.4, -0.2) is 4.92 Å². The summed E-state index contributed by atoms with van der Waals surface area (Å²) in [5.41, 5.74) is 5.71. The number of nitrogens with zero attached hydrogens (tertiary/aromatic N) is 1. The molecule has 12 heavy (non-hydrogen) atoms. The van der Waals surface area contributed by atoms with Crippen LogP contribution in [0.25, 0.3) is 6.08 Å². The van der Waals surface area contributed by atoms with Gasteiger partial charge in [-0.3, -0.25) is 10.1 Å². The Morgan fingerprint density at radius 3 is 2.67 bits per heavy atom. The lowest BCUT2D eigenvalue weighted by Crippen LogP contribution is -1.90. The van der Waals surface area contributed by atoms with E-state index in [-0.39, 0.29) is 5.69 Å². The van der Waals surface area contributed by atoms with Crippen molar-refractivity contribution in [1.82, 2.24) is 0 Å². The van der Waals surface area contributed by atoms with Crippen molar-refractivity contribution in [1.29, 1.82) is 0 Å². The first-order valence-corrected chi connectivity index (χ1v) is 3.37. The molecular weight excluding hydrogens is 156 g/mol. The van der Waals surface area contributed by atoms with E-state index in [1.165, 1.54) is 18.3 Å². The molecule has 0 saturated carbocycles. The lowest BCUT2D eigenvalue weighted by atomic mass is 10.2. The van der Waals surface area contributed by atoms with Crippen LogP contribution >= 0.6 is 0 Å². The summed E-state index contributed by atoms with van der Waals surface area (Å²) < 4.78 is 0. The van der Waals surface area contributed by atoms with E-state index in [4.69, 9.17) is 5.73 Å². The number of hydrogen-bond acceptors (Lipinski definition) is 3. The molecule has 0 aliphatic heterocycles. The predicted octanol–water partition coefficient (Wildman–Crippen LogP) is 1.52. The van der Waals surface area contributed by atoms with Crippen LogP contribution in [0.15, 0.2) is 30.5 Å². The molecule has 0 atom stereocenters. The highest BCUT2D eigenvalue weighted by Gasteiger charge is 2.08. The Balaban J connectivity index is 3.17. The van der Waals surface area contributed by atoms with Gasteiger partial charge in [0.1, 0.15) is 0 Å².